The molecule has 0 spiro atoms. The summed E-state index contributed by atoms with van der Waals surface area (Å²) >= 11 is 0. The van der Waals surface area contributed by atoms with E-state index in [1.807, 2.05) is 28.9 Å². The van der Waals surface area contributed by atoms with Crippen LogP contribution in [0.4, 0.5) is 0 Å². The molecule has 0 aliphatic heterocycles. The fourth-order valence-electron chi connectivity index (χ4n) is 3.73. The summed E-state index contributed by atoms with van der Waals surface area (Å²) in [6, 6.07) is 6.55. The Hall–Kier alpha value is -2.41. The van der Waals surface area contributed by atoms with Crippen molar-refractivity contribution in [1.82, 2.24) is 15.1 Å². The minimum atomic E-state index is -1.05. The molecule has 1 aliphatic carbocycles. The maximum Gasteiger partial charge on any atom is 0.326 e. The van der Waals surface area contributed by atoms with Crippen LogP contribution in [-0.4, -0.2) is 44.0 Å². The van der Waals surface area contributed by atoms with Crippen LogP contribution in [0.2, 0.25) is 0 Å². The molecule has 1 amide bonds. The van der Waals surface area contributed by atoms with Crippen molar-refractivity contribution >= 4 is 22.8 Å². The Kier molecular flexibility index (Phi) is 5.79. The number of aliphatic hydroxyl groups excluding tert-OH is 1. The Bertz CT molecular complexity index is 822. The predicted molar refractivity (Wildman–Crippen MR) is 101 cm³/mol. The van der Waals surface area contributed by atoms with Crippen molar-refractivity contribution in [3.63, 3.8) is 0 Å². The third-order valence-electron chi connectivity index (χ3n) is 5.34. The highest BCUT2D eigenvalue weighted by Crippen LogP contribution is 2.27. The average molecular weight is 373 g/mol. The number of aliphatic hydroxyl groups is 1. The maximum atomic E-state index is 12.7. The number of benzene rings is 1. The molecule has 1 unspecified atom stereocenters. The van der Waals surface area contributed by atoms with Crippen LogP contribution in [0.25, 0.3) is 10.9 Å². The molecule has 1 saturated carbocycles. The number of nitrogens with one attached hydrogen (secondary N) is 1. The first-order valence-electron chi connectivity index (χ1n) is 9.54. The summed E-state index contributed by atoms with van der Waals surface area (Å²) in [7, 11) is 0. The van der Waals surface area contributed by atoms with Crippen LogP contribution < -0.4 is 5.32 Å². The lowest BCUT2D eigenvalue weighted by Crippen LogP contribution is -2.44. The van der Waals surface area contributed by atoms with E-state index >= 15 is 0 Å². The number of carbonyl (C=O) groups is 2. The van der Waals surface area contributed by atoms with Crippen LogP contribution in [-0.2, 0) is 11.3 Å². The molecule has 7 nitrogen and oxygen atoms in total. The number of carboxylic acid groups (broad SMARTS) is 1. The van der Waals surface area contributed by atoms with Crippen LogP contribution in [0, 0.1) is 11.8 Å². The Morgan fingerprint density at radius 2 is 1.89 bits per heavy atom. The molecule has 0 bridgehead atoms. The monoisotopic (exact) mass is 373 g/mol. The third kappa shape index (κ3) is 4.30. The number of aliphatic carboxylic acids is 1. The van der Waals surface area contributed by atoms with E-state index in [-0.39, 0.29) is 17.7 Å². The minimum absolute atomic E-state index is 0.207. The number of rotatable bonds is 6. The van der Waals surface area contributed by atoms with Gasteiger partial charge in [-0.1, -0.05) is 32.0 Å². The summed E-state index contributed by atoms with van der Waals surface area (Å²) in [6.07, 6.45) is 3.26. The van der Waals surface area contributed by atoms with Gasteiger partial charge < -0.3 is 15.5 Å². The lowest BCUT2D eigenvalue weighted by molar-refractivity contribution is -0.140. The van der Waals surface area contributed by atoms with Crippen molar-refractivity contribution < 1.29 is 19.8 Å². The standard InChI is InChI=1S/C20H27N3O4/c1-12(2)17(20(26)27)21-19(25)18-15-5-3-4-6-16(15)23(22-18)11-13-7-9-14(24)10-8-13/h3-6,12-14,17,24H,7-11H2,1-2H3,(H,21,25)(H,26,27). The van der Waals surface area contributed by atoms with E-state index in [9.17, 15) is 19.8 Å². The smallest absolute Gasteiger partial charge is 0.326 e. The molecule has 3 rings (SSSR count). The molecule has 0 radical (unpaired) electrons. The largest absolute Gasteiger partial charge is 0.480 e. The molecule has 1 aromatic carbocycles. The van der Waals surface area contributed by atoms with Gasteiger partial charge in [-0.2, -0.15) is 5.10 Å². The summed E-state index contributed by atoms with van der Waals surface area (Å²) in [6.45, 7) is 4.20. The van der Waals surface area contributed by atoms with Gasteiger partial charge in [0.1, 0.15) is 6.04 Å². The summed E-state index contributed by atoms with van der Waals surface area (Å²) in [4.78, 5) is 24.1. The van der Waals surface area contributed by atoms with Gasteiger partial charge in [-0.3, -0.25) is 9.48 Å². The van der Waals surface area contributed by atoms with E-state index in [1.165, 1.54) is 0 Å². The van der Waals surface area contributed by atoms with Gasteiger partial charge in [-0.15, -0.1) is 0 Å². The highest BCUT2D eigenvalue weighted by Gasteiger charge is 2.27. The molecule has 2 aromatic rings. The summed E-state index contributed by atoms with van der Waals surface area (Å²) in [5, 5.41) is 26.9. The second-order valence-corrected chi connectivity index (χ2v) is 7.76. The normalized spacial score (nSPS) is 21.3. The maximum absolute atomic E-state index is 12.7. The number of carboxylic acids is 1. The number of aromatic nitrogens is 2. The molecule has 1 atom stereocenters. The Morgan fingerprint density at radius 1 is 1.22 bits per heavy atom. The molecular weight excluding hydrogens is 346 g/mol. The molecule has 1 heterocycles. The first-order valence-corrected chi connectivity index (χ1v) is 9.54. The Labute approximate surface area is 158 Å². The highest BCUT2D eigenvalue weighted by molar-refractivity contribution is 6.05. The van der Waals surface area contributed by atoms with E-state index in [0.717, 1.165) is 36.6 Å². The molecule has 7 heteroatoms. The summed E-state index contributed by atoms with van der Waals surface area (Å²) in [5.74, 6) is -1.34. The minimum Gasteiger partial charge on any atom is -0.480 e. The number of hydrogen-bond acceptors (Lipinski definition) is 4. The van der Waals surface area contributed by atoms with Gasteiger partial charge in [-0.05, 0) is 43.6 Å². The lowest BCUT2D eigenvalue weighted by atomic mass is 9.87. The number of fused-ring (bicyclic) bond motifs is 1. The number of para-hydroxylation sites is 1. The van der Waals surface area contributed by atoms with Gasteiger partial charge in [0.05, 0.1) is 11.6 Å². The molecule has 3 N–H and O–H groups in total. The second-order valence-electron chi connectivity index (χ2n) is 7.76. The predicted octanol–water partition coefficient (Wildman–Crippen LogP) is 2.43. The van der Waals surface area contributed by atoms with E-state index in [1.54, 1.807) is 13.8 Å². The quantitative estimate of drug-likeness (QED) is 0.721. The van der Waals surface area contributed by atoms with Crippen LogP contribution in [0.1, 0.15) is 50.0 Å². The van der Waals surface area contributed by atoms with E-state index < -0.39 is 17.9 Å². The first-order chi connectivity index (χ1) is 12.9. The summed E-state index contributed by atoms with van der Waals surface area (Å²) in [5.41, 5.74) is 1.12. The first kappa shape index (κ1) is 19.4. The van der Waals surface area contributed by atoms with Gasteiger partial charge in [-0.25, -0.2) is 4.79 Å². The topological polar surface area (TPSA) is 104 Å². The number of carbonyl (C=O) groups excluding carboxylic acids is 1. The Balaban J connectivity index is 1.85. The van der Waals surface area contributed by atoms with Crippen LogP contribution in [0.3, 0.4) is 0 Å². The van der Waals surface area contributed by atoms with Crippen molar-refractivity contribution in [2.45, 2.75) is 58.2 Å². The van der Waals surface area contributed by atoms with Crippen molar-refractivity contribution in [2.75, 3.05) is 0 Å². The SMILES string of the molecule is CC(C)C(NC(=O)c1nn(CC2CCC(O)CC2)c2ccccc12)C(=O)O. The van der Waals surface area contributed by atoms with Crippen molar-refractivity contribution in [1.29, 1.82) is 0 Å². The second kappa shape index (κ2) is 8.08. The highest BCUT2D eigenvalue weighted by atomic mass is 16.4. The molecular formula is C20H27N3O4. The molecule has 146 valence electrons. The van der Waals surface area contributed by atoms with Crippen molar-refractivity contribution in [3.8, 4) is 0 Å². The van der Waals surface area contributed by atoms with E-state index in [0.29, 0.717) is 12.5 Å². The molecule has 0 saturated heterocycles. The van der Waals surface area contributed by atoms with Gasteiger partial charge in [0.2, 0.25) is 0 Å². The zero-order valence-electron chi connectivity index (χ0n) is 15.8. The van der Waals surface area contributed by atoms with Gasteiger partial charge in [0.15, 0.2) is 5.69 Å². The third-order valence-corrected chi connectivity index (χ3v) is 5.34. The fraction of sp³-hybridized carbons (Fsp3) is 0.550. The van der Waals surface area contributed by atoms with E-state index in [4.69, 9.17) is 0 Å². The van der Waals surface area contributed by atoms with Crippen LogP contribution in [0.15, 0.2) is 24.3 Å². The van der Waals surface area contributed by atoms with Gasteiger partial charge in [0.25, 0.3) is 5.91 Å². The zero-order valence-corrected chi connectivity index (χ0v) is 15.8. The molecule has 27 heavy (non-hydrogen) atoms. The number of nitrogens with zero attached hydrogens (tertiary/aromatic N) is 2. The van der Waals surface area contributed by atoms with Crippen molar-refractivity contribution in [3.05, 3.63) is 30.0 Å². The van der Waals surface area contributed by atoms with Crippen LogP contribution >= 0.6 is 0 Å². The summed E-state index contributed by atoms with van der Waals surface area (Å²) < 4.78 is 1.85. The zero-order chi connectivity index (χ0) is 19.6. The molecule has 1 aromatic heterocycles. The Morgan fingerprint density at radius 3 is 2.52 bits per heavy atom. The fourth-order valence-corrected chi connectivity index (χ4v) is 3.73. The van der Waals surface area contributed by atoms with Crippen molar-refractivity contribution in [2.24, 2.45) is 11.8 Å². The van der Waals surface area contributed by atoms with Gasteiger partial charge >= 0.3 is 5.97 Å². The molecule has 1 aliphatic rings. The van der Waals surface area contributed by atoms with Crippen LogP contribution in [0.5, 0.6) is 0 Å². The molecule has 1 fully saturated rings. The lowest BCUT2D eigenvalue weighted by Gasteiger charge is -2.25. The van der Waals surface area contributed by atoms with E-state index in [2.05, 4.69) is 10.4 Å². The average Bonchev–Trinajstić information content (AvgIpc) is 3.00. The number of hydrogen-bond donors (Lipinski definition) is 3. The van der Waals surface area contributed by atoms with Gasteiger partial charge in [0, 0.05) is 11.9 Å². The number of amides is 1.